The normalized spacial score (nSPS) is 23.7. The first-order valence-corrected chi connectivity index (χ1v) is 19.7. The summed E-state index contributed by atoms with van der Waals surface area (Å²) in [6.45, 7) is 2.83. The van der Waals surface area contributed by atoms with Gasteiger partial charge in [0.1, 0.15) is 11.9 Å². The number of nitrogens with zero attached hydrogens (tertiary/aromatic N) is 4. The minimum absolute atomic E-state index is 0.0120. The summed E-state index contributed by atoms with van der Waals surface area (Å²) in [4.78, 5) is 58.1. The zero-order valence-corrected chi connectivity index (χ0v) is 32.1. The summed E-state index contributed by atoms with van der Waals surface area (Å²) >= 11 is 0. The molecule has 2 aromatic carbocycles. The van der Waals surface area contributed by atoms with Crippen LogP contribution in [0.4, 0.5) is 4.79 Å². The molecular weight excluding hydrogens is 707 g/mol. The van der Waals surface area contributed by atoms with Gasteiger partial charge in [0.25, 0.3) is 0 Å². The molecule has 0 radical (unpaired) electrons. The van der Waals surface area contributed by atoms with Crippen molar-refractivity contribution in [1.29, 1.82) is 0 Å². The van der Waals surface area contributed by atoms with Crippen LogP contribution in [0.5, 0.6) is 0 Å². The number of ether oxygens (including phenoxy) is 2. The maximum Gasteiger partial charge on any atom is 0.407 e. The van der Waals surface area contributed by atoms with Gasteiger partial charge in [-0.25, -0.2) is 9.78 Å². The van der Waals surface area contributed by atoms with Gasteiger partial charge < -0.3 is 30.0 Å². The zero-order chi connectivity index (χ0) is 38.8. The van der Waals surface area contributed by atoms with E-state index in [2.05, 4.69) is 74.1 Å². The Bertz CT molecular complexity index is 2110. The highest BCUT2D eigenvalue weighted by Gasteiger charge is 2.52. The van der Waals surface area contributed by atoms with Crippen molar-refractivity contribution in [2.45, 2.75) is 70.2 Å². The van der Waals surface area contributed by atoms with Crippen molar-refractivity contribution in [3.8, 4) is 22.4 Å². The number of carbonyl (C=O) groups is 3. The Hall–Kier alpha value is -5.62. The molecule has 290 valence electrons. The van der Waals surface area contributed by atoms with E-state index in [1.54, 1.807) is 24.2 Å². The number of hydrogen-bond donors (Lipinski definition) is 3. The van der Waals surface area contributed by atoms with Gasteiger partial charge in [0.15, 0.2) is 0 Å². The molecule has 2 aromatic heterocycles. The Balaban J connectivity index is 0.889. The number of pyridine rings is 1. The lowest BCUT2D eigenvalue weighted by Crippen LogP contribution is -2.54. The monoisotopic (exact) mass is 755 g/mol. The summed E-state index contributed by atoms with van der Waals surface area (Å²) in [5.41, 5.74) is 8.64. The topological polar surface area (TPSA) is 151 Å². The van der Waals surface area contributed by atoms with Crippen LogP contribution in [0.1, 0.15) is 68.4 Å². The van der Waals surface area contributed by atoms with E-state index in [1.807, 2.05) is 24.5 Å². The molecule has 2 aliphatic heterocycles. The molecular formula is C44H49N7O5. The van der Waals surface area contributed by atoms with Crippen molar-refractivity contribution in [3.63, 3.8) is 0 Å². The molecule has 2 bridgehead atoms. The molecule has 12 nitrogen and oxygen atoms in total. The van der Waals surface area contributed by atoms with E-state index in [9.17, 15) is 14.4 Å². The van der Waals surface area contributed by atoms with Crippen LogP contribution in [0.25, 0.3) is 28.0 Å². The molecule has 3 N–H and O–H groups in total. The lowest BCUT2D eigenvalue weighted by atomic mass is 9.75. The van der Waals surface area contributed by atoms with Crippen LogP contribution in [0, 0.1) is 23.7 Å². The number of amides is 3. The van der Waals surface area contributed by atoms with Gasteiger partial charge in [-0.3, -0.25) is 19.6 Å². The SMILES string of the molecule is COC(=O)N[C@H](C(=O)N1CCC[C@H]1c1ncc(-c2ccc(-c3ccc(C4=CN=C(C5C6CCC(C6)[C@@H]5C(=O)NCc5ccncc5)C4)cc3)cc2)[nH]1)[C@@H](C)OC. The van der Waals surface area contributed by atoms with Gasteiger partial charge in [0, 0.05) is 62.8 Å². The fourth-order valence-corrected chi connectivity index (χ4v) is 9.35. The number of imidazole rings is 1. The summed E-state index contributed by atoms with van der Waals surface area (Å²) in [6, 6.07) is 19.8. The van der Waals surface area contributed by atoms with Gasteiger partial charge in [-0.2, -0.15) is 0 Å². The van der Waals surface area contributed by atoms with Crippen LogP contribution in [0.3, 0.4) is 0 Å². The lowest BCUT2D eigenvalue weighted by molar-refractivity contribution is -0.137. The van der Waals surface area contributed by atoms with E-state index in [4.69, 9.17) is 14.5 Å². The second-order valence-electron chi connectivity index (χ2n) is 15.5. The van der Waals surface area contributed by atoms with Crippen LogP contribution in [-0.2, 0) is 25.6 Å². The summed E-state index contributed by atoms with van der Waals surface area (Å²) in [5.74, 6) is 1.79. The van der Waals surface area contributed by atoms with E-state index >= 15 is 0 Å². The van der Waals surface area contributed by atoms with Crippen molar-refractivity contribution >= 4 is 29.2 Å². The standard InChI is InChI=1S/C44H49N7O5/c1-26(55-2)40(50-44(54)56-3)43(53)51-20-4-5-37(51)41-47-25-36(49-41)31-12-10-29(11-13-31)28-6-8-30(9-7-28)34-22-35(46-24-34)38-32-14-15-33(21-32)39(38)42(52)48-23-27-16-18-45-19-17-27/h6-13,16-19,24-26,32-33,37-40H,4-5,14-15,20-23H2,1-3H3,(H,47,49)(H,48,52)(H,50,54)/t26-,32?,33?,37+,38?,39+,40+/m1/s1. The van der Waals surface area contributed by atoms with E-state index in [0.29, 0.717) is 30.7 Å². The van der Waals surface area contributed by atoms with E-state index in [1.165, 1.54) is 26.2 Å². The molecule has 4 aliphatic rings. The Kier molecular flexibility index (Phi) is 10.8. The first-order chi connectivity index (χ1) is 27.3. The first kappa shape index (κ1) is 37.3. The number of methoxy groups -OCH3 is 2. The minimum atomic E-state index is -0.881. The molecule has 4 heterocycles. The largest absolute Gasteiger partial charge is 0.453 e. The maximum atomic E-state index is 13.6. The highest BCUT2D eigenvalue weighted by Crippen LogP contribution is 2.54. The van der Waals surface area contributed by atoms with Gasteiger partial charge in [0.05, 0.1) is 31.1 Å². The third-order valence-electron chi connectivity index (χ3n) is 12.4. The van der Waals surface area contributed by atoms with Crippen LogP contribution in [0.2, 0.25) is 0 Å². The third-order valence-corrected chi connectivity index (χ3v) is 12.4. The Morgan fingerprint density at radius 3 is 2.32 bits per heavy atom. The van der Waals surface area contributed by atoms with Gasteiger partial charge >= 0.3 is 6.09 Å². The number of rotatable bonds is 12. The van der Waals surface area contributed by atoms with Crippen molar-refractivity contribution < 1.29 is 23.9 Å². The zero-order valence-electron chi connectivity index (χ0n) is 32.1. The lowest BCUT2D eigenvalue weighted by Gasteiger charge is -2.30. The first-order valence-electron chi connectivity index (χ1n) is 19.7. The predicted molar refractivity (Wildman–Crippen MR) is 213 cm³/mol. The summed E-state index contributed by atoms with van der Waals surface area (Å²) in [6.07, 6.45) is 11.9. The maximum absolute atomic E-state index is 13.6. The Labute approximate surface area is 327 Å². The predicted octanol–water partition coefficient (Wildman–Crippen LogP) is 6.73. The number of benzene rings is 2. The Morgan fingerprint density at radius 2 is 1.61 bits per heavy atom. The van der Waals surface area contributed by atoms with E-state index in [0.717, 1.165) is 71.3 Å². The second kappa shape index (κ2) is 16.2. The fourth-order valence-electron chi connectivity index (χ4n) is 9.35. The average Bonchev–Trinajstić information content (AvgIpc) is 4.10. The van der Waals surface area contributed by atoms with Crippen LogP contribution in [-0.4, -0.2) is 76.4 Å². The molecule has 7 atom stereocenters. The quantitative estimate of drug-likeness (QED) is 0.145. The third kappa shape index (κ3) is 7.49. The smallest absolute Gasteiger partial charge is 0.407 e. The van der Waals surface area contributed by atoms with Gasteiger partial charge in [-0.15, -0.1) is 0 Å². The van der Waals surface area contributed by atoms with Gasteiger partial charge in [-0.1, -0.05) is 48.5 Å². The molecule has 3 amide bonds. The molecule has 0 spiro atoms. The van der Waals surface area contributed by atoms with Crippen LogP contribution < -0.4 is 10.6 Å². The number of alkyl carbamates (subject to hydrolysis) is 1. The van der Waals surface area contributed by atoms with E-state index < -0.39 is 18.2 Å². The highest BCUT2D eigenvalue weighted by molar-refractivity contribution is 6.02. The summed E-state index contributed by atoms with van der Waals surface area (Å²) in [7, 11) is 2.78. The number of allylic oxidation sites excluding steroid dienone is 1. The number of aliphatic imine (C=N–C) groups is 1. The van der Waals surface area contributed by atoms with Crippen LogP contribution >= 0.6 is 0 Å². The molecule has 3 fully saturated rings. The number of nitrogens with one attached hydrogen (secondary N) is 3. The van der Waals surface area contributed by atoms with Crippen molar-refractivity contribution in [2.75, 3.05) is 20.8 Å². The molecule has 4 aromatic rings. The number of aromatic amines is 1. The molecule has 1 saturated heterocycles. The number of hydrogen-bond acceptors (Lipinski definition) is 8. The molecule has 12 heteroatoms. The second-order valence-corrected chi connectivity index (χ2v) is 15.5. The highest BCUT2D eigenvalue weighted by atomic mass is 16.5. The van der Waals surface area contributed by atoms with Crippen molar-refractivity contribution in [2.24, 2.45) is 28.7 Å². The molecule has 3 unspecified atom stereocenters. The van der Waals surface area contributed by atoms with Gasteiger partial charge in [0.2, 0.25) is 11.8 Å². The number of likely N-dealkylation sites (tertiary alicyclic amines) is 1. The fraction of sp³-hybridized carbons (Fsp3) is 0.409. The van der Waals surface area contributed by atoms with Crippen molar-refractivity contribution in [3.05, 3.63) is 102 Å². The van der Waals surface area contributed by atoms with E-state index in [-0.39, 0.29) is 29.7 Å². The molecule has 56 heavy (non-hydrogen) atoms. The number of fused-ring (bicyclic) bond motifs is 2. The Morgan fingerprint density at radius 1 is 0.911 bits per heavy atom. The van der Waals surface area contributed by atoms with Gasteiger partial charge in [-0.05, 0) is 96.4 Å². The molecule has 2 aliphatic carbocycles. The van der Waals surface area contributed by atoms with Crippen molar-refractivity contribution in [1.82, 2.24) is 30.5 Å². The summed E-state index contributed by atoms with van der Waals surface area (Å²) < 4.78 is 10.2. The van der Waals surface area contributed by atoms with Crippen LogP contribution in [0.15, 0.2) is 90.4 Å². The minimum Gasteiger partial charge on any atom is -0.453 e. The molecule has 8 rings (SSSR count). The number of aromatic nitrogens is 3. The molecule has 2 saturated carbocycles. The average molecular weight is 756 g/mol. The number of carbonyl (C=O) groups excluding carboxylic acids is 3. The number of H-pyrrole nitrogens is 1. The summed E-state index contributed by atoms with van der Waals surface area (Å²) in [5, 5.41) is 5.85.